The average Bonchev–Trinajstić information content (AvgIpc) is 2.65. The van der Waals surface area contributed by atoms with Gasteiger partial charge in [-0.2, -0.15) is 0 Å². The molecule has 2 rings (SSSR count). The van der Waals surface area contributed by atoms with Crippen LogP contribution in [-0.2, 0) is 4.74 Å². The Kier molecular flexibility index (Phi) is 3.72. The number of carbonyl (C=O) groups is 1. The summed E-state index contributed by atoms with van der Waals surface area (Å²) in [4.78, 5) is 20.1. The molecular formula is C11H13BClN3O4. The molecule has 0 saturated carbocycles. The zero-order valence-electron chi connectivity index (χ0n) is 11.2. The quantitative estimate of drug-likeness (QED) is 0.746. The topological polar surface area (TPSA) is 97.5 Å². The van der Waals surface area contributed by atoms with Crippen LogP contribution in [0.1, 0.15) is 20.8 Å². The van der Waals surface area contributed by atoms with Crippen molar-refractivity contribution in [3.63, 3.8) is 0 Å². The number of ether oxygens (including phenoxy) is 1. The first-order valence-electron chi connectivity index (χ1n) is 5.82. The van der Waals surface area contributed by atoms with Gasteiger partial charge in [-0.15, -0.1) is 0 Å². The van der Waals surface area contributed by atoms with Gasteiger partial charge in [0.1, 0.15) is 16.3 Å². The highest BCUT2D eigenvalue weighted by molar-refractivity contribution is 6.58. The molecule has 0 atom stereocenters. The molecule has 2 aromatic rings. The lowest BCUT2D eigenvalue weighted by Gasteiger charge is -2.20. The lowest BCUT2D eigenvalue weighted by Crippen LogP contribution is -2.41. The highest BCUT2D eigenvalue weighted by Gasteiger charge is 2.28. The third kappa shape index (κ3) is 2.92. The molecule has 0 amide bonds. The van der Waals surface area contributed by atoms with Crippen LogP contribution < -0.4 is 5.59 Å². The lowest BCUT2D eigenvalue weighted by molar-refractivity contribution is 0.0547. The molecule has 2 aromatic heterocycles. The Morgan fingerprint density at radius 1 is 1.45 bits per heavy atom. The van der Waals surface area contributed by atoms with Crippen LogP contribution in [0.3, 0.4) is 0 Å². The molecule has 0 unspecified atom stereocenters. The van der Waals surface area contributed by atoms with Crippen LogP contribution in [0.5, 0.6) is 0 Å². The Morgan fingerprint density at radius 3 is 2.65 bits per heavy atom. The van der Waals surface area contributed by atoms with Crippen LogP contribution in [-0.4, -0.2) is 43.4 Å². The van der Waals surface area contributed by atoms with E-state index in [9.17, 15) is 14.8 Å². The highest BCUT2D eigenvalue weighted by Crippen LogP contribution is 2.16. The second-order valence-corrected chi connectivity index (χ2v) is 5.55. The van der Waals surface area contributed by atoms with Crippen molar-refractivity contribution in [2.45, 2.75) is 26.4 Å². The summed E-state index contributed by atoms with van der Waals surface area (Å²) in [5.74, 6) is 0. The molecule has 20 heavy (non-hydrogen) atoms. The second-order valence-electron chi connectivity index (χ2n) is 5.16. The van der Waals surface area contributed by atoms with E-state index in [0.717, 1.165) is 4.57 Å². The predicted molar refractivity (Wildman–Crippen MR) is 74.0 cm³/mol. The molecule has 2 N–H and O–H groups in total. The predicted octanol–water partition coefficient (Wildman–Crippen LogP) is 0.548. The van der Waals surface area contributed by atoms with Gasteiger partial charge >= 0.3 is 13.2 Å². The second kappa shape index (κ2) is 5.04. The molecule has 0 aliphatic carbocycles. The van der Waals surface area contributed by atoms with Gasteiger partial charge in [0.2, 0.25) is 0 Å². The van der Waals surface area contributed by atoms with E-state index in [1.807, 2.05) is 0 Å². The summed E-state index contributed by atoms with van der Waals surface area (Å²) in [5.41, 5.74) is -0.410. The standard InChI is InChI=1S/C11H13BClN3O4/c1-11(2,3)20-10(17)16-7(12(18)19)4-6-9(16)15-8(13)5-14-6/h4-5,18-19H,1-3H3. The Bertz CT molecular complexity index is 665. The maximum Gasteiger partial charge on any atom is 0.506 e. The van der Waals surface area contributed by atoms with E-state index in [2.05, 4.69) is 9.97 Å². The van der Waals surface area contributed by atoms with E-state index in [1.54, 1.807) is 20.8 Å². The van der Waals surface area contributed by atoms with E-state index in [4.69, 9.17) is 16.3 Å². The van der Waals surface area contributed by atoms with Crippen molar-refractivity contribution in [1.82, 2.24) is 14.5 Å². The molecule has 0 bridgehead atoms. The lowest BCUT2D eigenvalue weighted by atomic mass is 9.86. The van der Waals surface area contributed by atoms with Gasteiger partial charge in [-0.05, 0) is 26.8 Å². The van der Waals surface area contributed by atoms with Crippen LogP contribution >= 0.6 is 11.6 Å². The third-order valence-corrected chi connectivity index (χ3v) is 2.53. The van der Waals surface area contributed by atoms with Crippen molar-refractivity contribution in [3.8, 4) is 0 Å². The van der Waals surface area contributed by atoms with Gasteiger partial charge < -0.3 is 14.8 Å². The first-order chi connectivity index (χ1) is 9.19. The molecule has 0 aromatic carbocycles. The Balaban J connectivity index is 2.62. The first kappa shape index (κ1) is 14.8. The summed E-state index contributed by atoms with van der Waals surface area (Å²) in [6.45, 7) is 5.10. The van der Waals surface area contributed by atoms with Crippen molar-refractivity contribution >= 4 is 41.6 Å². The maximum absolute atomic E-state index is 12.2. The number of rotatable bonds is 1. The van der Waals surface area contributed by atoms with E-state index in [-0.39, 0.29) is 16.4 Å². The molecular weight excluding hydrogens is 284 g/mol. The summed E-state index contributed by atoms with van der Waals surface area (Å²) in [6, 6.07) is 1.34. The summed E-state index contributed by atoms with van der Waals surface area (Å²) < 4.78 is 6.16. The molecule has 0 radical (unpaired) electrons. The van der Waals surface area contributed by atoms with Crippen molar-refractivity contribution < 1.29 is 19.6 Å². The minimum atomic E-state index is -1.86. The van der Waals surface area contributed by atoms with Crippen molar-refractivity contribution in [2.75, 3.05) is 0 Å². The van der Waals surface area contributed by atoms with Gasteiger partial charge in [0.25, 0.3) is 0 Å². The molecule has 2 heterocycles. The van der Waals surface area contributed by atoms with Gasteiger partial charge in [0.15, 0.2) is 5.65 Å². The summed E-state index contributed by atoms with van der Waals surface area (Å²) in [7, 11) is -1.86. The average molecular weight is 298 g/mol. The van der Waals surface area contributed by atoms with E-state index < -0.39 is 18.8 Å². The van der Waals surface area contributed by atoms with E-state index >= 15 is 0 Å². The number of hydrogen-bond donors (Lipinski definition) is 2. The number of nitrogens with zero attached hydrogens (tertiary/aromatic N) is 3. The van der Waals surface area contributed by atoms with Gasteiger partial charge in [-0.3, -0.25) is 0 Å². The van der Waals surface area contributed by atoms with Gasteiger partial charge in [-0.1, -0.05) is 11.6 Å². The number of fused-ring (bicyclic) bond motifs is 1. The third-order valence-electron chi connectivity index (χ3n) is 2.35. The van der Waals surface area contributed by atoms with Gasteiger partial charge in [0, 0.05) is 0 Å². The number of carbonyl (C=O) groups excluding carboxylic acids is 1. The van der Waals surface area contributed by atoms with Crippen LogP contribution in [0.15, 0.2) is 12.3 Å². The van der Waals surface area contributed by atoms with Crippen LogP contribution in [0.4, 0.5) is 4.79 Å². The number of hydrogen-bond acceptors (Lipinski definition) is 6. The smallest absolute Gasteiger partial charge is 0.443 e. The van der Waals surface area contributed by atoms with Crippen molar-refractivity contribution in [3.05, 3.63) is 17.4 Å². The van der Waals surface area contributed by atoms with E-state index in [1.165, 1.54) is 12.3 Å². The molecule has 0 saturated heterocycles. The van der Waals surface area contributed by atoms with E-state index in [0.29, 0.717) is 5.52 Å². The highest BCUT2D eigenvalue weighted by atomic mass is 35.5. The SMILES string of the molecule is CC(C)(C)OC(=O)n1c(B(O)O)cc2ncc(Cl)nc21. The zero-order chi connectivity index (χ0) is 15.1. The minimum absolute atomic E-state index is 0.0828. The normalized spacial score (nSPS) is 11.7. The monoisotopic (exact) mass is 297 g/mol. The van der Waals surface area contributed by atoms with Gasteiger partial charge in [-0.25, -0.2) is 19.3 Å². The fourth-order valence-corrected chi connectivity index (χ4v) is 1.78. The molecule has 7 nitrogen and oxygen atoms in total. The Labute approximate surface area is 120 Å². The fraction of sp³-hybridized carbons (Fsp3) is 0.364. The van der Waals surface area contributed by atoms with Crippen LogP contribution in [0.25, 0.3) is 11.2 Å². The fourth-order valence-electron chi connectivity index (χ4n) is 1.65. The molecule has 9 heteroatoms. The minimum Gasteiger partial charge on any atom is -0.443 e. The summed E-state index contributed by atoms with van der Waals surface area (Å²) in [5, 5.41) is 18.8. The molecule has 0 aliphatic rings. The van der Waals surface area contributed by atoms with Crippen molar-refractivity contribution in [2.24, 2.45) is 0 Å². The summed E-state index contributed by atoms with van der Waals surface area (Å²) in [6.07, 6.45) is 0.517. The van der Waals surface area contributed by atoms with Crippen molar-refractivity contribution in [1.29, 1.82) is 0 Å². The number of aromatic nitrogens is 3. The molecule has 0 fully saturated rings. The summed E-state index contributed by atoms with van der Waals surface area (Å²) >= 11 is 5.75. The Hall–Kier alpha value is -1.64. The number of halogens is 1. The van der Waals surface area contributed by atoms with Crippen LogP contribution in [0, 0.1) is 0 Å². The van der Waals surface area contributed by atoms with Gasteiger partial charge in [0.05, 0.1) is 11.8 Å². The zero-order valence-corrected chi connectivity index (χ0v) is 11.9. The molecule has 0 spiro atoms. The maximum atomic E-state index is 12.2. The molecule has 0 aliphatic heterocycles. The van der Waals surface area contributed by atoms with Crippen LogP contribution in [0.2, 0.25) is 5.15 Å². The molecule has 106 valence electrons. The Morgan fingerprint density at radius 2 is 2.10 bits per heavy atom. The first-order valence-corrected chi connectivity index (χ1v) is 6.20. The largest absolute Gasteiger partial charge is 0.506 e.